The van der Waals surface area contributed by atoms with Crippen molar-refractivity contribution in [3.63, 3.8) is 0 Å². The highest BCUT2D eigenvalue weighted by Gasteiger charge is 2.11. The second kappa shape index (κ2) is 6.85. The lowest BCUT2D eigenvalue weighted by molar-refractivity contribution is 0.672. The van der Waals surface area contributed by atoms with Gasteiger partial charge in [-0.2, -0.15) is 5.10 Å². The van der Waals surface area contributed by atoms with E-state index in [4.69, 9.17) is 4.98 Å². The lowest BCUT2D eigenvalue weighted by Crippen LogP contribution is -2.15. The third-order valence-corrected chi connectivity index (χ3v) is 3.91. The maximum Gasteiger partial charge on any atom is 0.154 e. The Balaban J connectivity index is 2.38. The molecule has 0 unspecified atom stereocenters. The summed E-state index contributed by atoms with van der Waals surface area (Å²) in [4.78, 5) is 4.74. The van der Waals surface area contributed by atoms with E-state index in [1.807, 2.05) is 11.6 Å². The maximum atomic E-state index is 4.74. The van der Waals surface area contributed by atoms with Crippen LogP contribution in [0.2, 0.25) is 0 Å². The highest BCUT2D eigenvalue weighted by atomic mass is 15.3. The van der Waals surface area contributed by atoms with Crippen LogP contribution in [-0.2, 0) is 13.0 Å². The summed E-state index contributed by atoms with van der Waals surface area (Å²) in [6.45, 7) is 12.5. The summed E-state index contributed by atoms with van der Waals surface area (Å²) in [5, 5.41) is 8.08. The summed E-state index contributed by atoms with van der Waals surface area (Å²) in [5.41, 5.74) is 5.87. The monoisotopic (exact) mass is 286 g/mol. The van der Waals surface area contributed by atoms with Gasteiger partial charge in [0.15, 0.2) is 5.82 Å². The van der Waals surface area contributed by atoms with Gasteiger partial charge in [0, 0.05) is 17.9 Å². The Bertz CT molecular complexity index is 613. The number of hydrogen-bond donors (Lipinski definition) is 1. The zero-order valence-electron chi connectivity index (χ0n) is 13.8. The number of aryl methyl sites for hydroxylation is 2. The Morgan fingerprint density at radius 3 is 2.48 bits per heavy atom. The molecule has 2 aromatic heterocycles. The molecule has 21 heavy (non-hydrogen) atoms. The van der Waals surface area contributed by atoms with E-state index < -0.39 is 0 Å². The van der Waals surface area contributed by atoms with Crippen molar-refractivity contribution in [3.05, 3.63) is 40.3 Å². The van der Waals surface area contributed by atoms with Crippen LogP contribution in [0.4, 0.5) is 0 Å². The fourth-order valence-corrected chi connectivity index (χ4v) is 2.38. The minimum Gasteiger partial charge on any atom is -0.313 e. The van der Waals surface area contributed by atoms with Gasteiger partial charge in [0.05, 0.1) is 5.69 Å². The fraction of sp³-hybridized carbons (Fsp3) is 0.529. The van der Waals surface area contributed by atoms with Crippen molar-refractivity contribution >= 4 is 0 Å². The molecule has 4 heteroatoms. The first-order valence-electron chi connectivity index (χ1n) is 7.80. The molecule has 2 heterocycles. The highest BCUT2D eigenvalue weighted by molar-refractivity contribution is 5.35. The molecule has 114 valence electrons. The van der Waals surface area contributed by atoms with E-state index in [0.29, 0.717) is 0 Å². The molecule has 0 bridgehead atoms. The maximum absolute atomic E-state index is 4.74. The van der Waals surface area contributed by atoms with Crippen molar-refractivity contribution in [2.24, 2.45) is 0 Å². The predicted molar refractivity (Wildman–Crippen MR) is 86.9 cm³/mol. The van der Waals surface area contributed by atoms with Crippen molar-refractivity contribution in [1.82, 2.24) is 20.1 Å². The Hall–Kier alpha value is -1.68. The van der Waals surface area contributed by atoms with Gasteiger partial charge in [0.2, 0.25) is 0 Å². The van der Waals surface area contributed by atoms with Gasteiger partial charge in [-0.25, -0.2) is 9.67 Å². The van der Waals surface area contributed by atoms with Crippen LogP contribution >= 0.6 is 0 Å². The number of nitrogens with one attached hydrogen (secondary N) is 1. The van der Waals surface area contributed by atoms with Gasteiger partial charge >= 0.3 is 0 Å². The molecular weight excluding hydrogens is 260 g/mol. The van der Waals surface area contributed by atoms with Crippen LogP contribution in [0, 0.1) is 20.8 Å². The van der Waals surface area contributed by atoms with Gasteiger partial charge in [0.25, 0.3) is 0 Å². The molecule has 0 aliphatic rings. The average Bonchev–Trinajstić information content (AvgIpc) is 2.75. The number of aromatic nitrogens is 3. The summed E-state index contributed by atoms with van der Waals surface area (Å²) in [6.07, 6.45) is 2.09. The van der Waals surface area contributed by atoms with Crippen molar-refractivity contribution in [2.75, 3.05) is 6.54 Å². The van der Waals surface area contributed by atoms with Crippen LogP contribution < -0.4 is 5.32 Å². The summed E-state index contributed by atoms with van der Waals surface area (Å²) in [6, 6.07) is 4.32. The summed E-state index contributed by atoms with van der Waals surface area (Å²) >= 11 is 0. The Kier molecular flexibility index (Phi) is 5.12. The van der Waals surface area contributed by atoms with E-state index in [-0.39, 0.29) is 0 Å². The average molecular weight is 286 g/mol. The molecule has 0 spiro atoms. The topological polar surface area (TPSA) is 42.7 Å². The second-order valence-corrected chi connectivity index (χ2v) is 5.56. The van der Waals surface area contributed by atoms with Crippen molar-refractivity contribution in [3.8, 4) is 5.82 Å². The molecule has 0 saturated carbocycles. The molecule has 0 saturated heterocycles. The van der Waals surface area contributed by atoms with Gasteiger partial charge in [-0.15, -0.1) is 0 Å². The molecular formula is C17H26N4. The van der Waals surface area contributed by atoms with Crippen LogP contribution in [-0.4, -0.2) is 21.3 Å². The van der Waals surface area contributed by atoms with Gasteiger partial charge < -0.3 is 5.32 Å². The zero-order chi connectivity index (χ0) is 15.4. The normalized spacial score (nSPS) is 11.1. The number of rotatable bonds is 6. The highest BCUT2D eigenvalue weighted by Crippen LogP contribution is 2.17. The third-order valence-electron chi connectivity index (χ3n) is 3.91. The van der Waals surface area contributed by atoms with E-state index in [1.54, 1.807) is 0 Å². The standard InChI is InChI=1S/C17H26N4/c1-6-8-18-11-15-9-16(7-2)19-17(10-15)21-14(5)12(3)13(4)20-21/h9-10,18H,6-8,11H2,1-5H3. The van der Waals surface area contributed by atoms with Crippen LogP contribution in [0.3, 0.4) is 0 Å². The van der Waals surface area contributed by atoms with E-state index >= 15 is 0 Å². The third kappa shape index (κ3) is 3.50. The van der Waals surface area contributed by atoms with Crippen LogP contribution in [0.25, 0.3) is 5.82 Å². The first-order valence-corrected chi connectivity index (χ1v) is 7.80. The molecule has 0 aliphatic carbocycles. The van der Waals surface area contributed by atoms with E-state index in [0.717, 1.165) is 43.1 Å². The first kappa shape index (κ1) is 15.7. The first-order chi connectivity index (χ1) is 10.1. The molecule has 0 radical (unpaired) electrons. The van der Waals surface area contributed by atoms with Gasteiger partial charge in [-0.3, -0.25) is 0 Å². The number of nitrogens with zero attached hydrogens (tertiary/aromatic N) is 3. The smallest absolute Gasteiger partial charge is 0.154 e. The summed E-state index contributed by atoms with van der Waals surface area (Å²) in [5.74, 6) is 0.927. The minimum absolute atomic E-state index is 0.884. The Labute approximate surface area is 127 Å². The second-order valence-electron chi connectivity index (χ2n) is 5.56. The lowest BCUT2D eigenvalue weighted by atomic mass is 10.2. The summed E-state index contributed by atoms with van der Waals surface area (Å²) < 4.78 is 1.97. The van der Waals surface area contributed by atoms with Crippen molar-refractivity contribution < 1.29 is 0 Å². The molecule has 2 aromatic rings. The number of hydrogen-bond acceptors (Lipinski definition) is 3. The van der Waals surface area contributed by atoms with Gasteiger partial charge in [-0.05, 0) is 63.4 Å². The predicted octanol–water partition coefficient (Wildman–Crippen LogP) is 3.25. The van der Waals surface area contributed by atoms with Crippen LogP contribution in [0.5, 0.6) is 0 Å². The molecule has 0 amide bonds. The lowest BCUT2D eigenvalue weighted by Gasteiger charge is -2.10. The van der Waals surface area contributed by atoms with Crippen molar-refractivity contribution in [1.29, 1.82) is 0 Å². The molecule has 2 rings (SSSR count). The van der Waals surface area contributed by atoms with E-state index in [1.165, 1.54) is 16.8 Å². The molecule has 0 fully saturated rings. The van der Waals surface area contributed by atoms with Crippen LogP contribution in [0.15, 0.2) is 12.1 Å². The largest absolute Gasteiger partial charge is 0.313 e. The summed E-state index contributed by atoms with van der Waals surface area (Å²) in [7, 11) is 0. The van der Waals surface area contributed by atoms with Crippen LogP contribution in [0.1, 0.15) is 48.5 Å². The number of pyridine rings is 1. The molecule has 0 aromatic carbocycles. The Morgan fingerprint density at radius 2 is 1.90 bits per heavy atom. The van der Waals surface area contributed by atoms with Gasteiger partial charge in [0.1, 0.15) is 0 Å². The fourth-order valence-electron chi connectivity index (χ4n) is 2.38. The zero-order valence-corrected chi connectivity index (χ0v) is 13.8. The Morgan fingerprint density at radius 1 is 1.14 bits per heavy atom. The van der Waals surface area contributed by atoms with E-state index in [9.17, 15) is 0 Å². The quantitative estimate of drug-likeness (QED) is 0.829. The minimum atomic E-state index is 0.884. The van der Waals surface area contributed by atoms with Gasteiger partial charge in [-0.1, -0.05) is 13.8 Å². The molecule has 0 atom stereocenters. The van der Waals surface area contributed by atoms with Crippen molar-refractivity contribution in [2.45, 2.75) is 54.0 Å². The molecule has 0 aliphatic heterocycles. The SMILES string of the molecule is CCCNCc1cc(CC)nc(-n2nc(C)c(C)c2C)c1. The molecule has 1 N–H and O–H groups in total. The van der Waals surface area contributed by atoms with E-state index in [2.05, 4.69) is 50.2 Å². The molecule has 4 nitrogen and oxygen atoms in total.